The van der Waals surface area contributed by atoms with Crippen LogP contribution in [0.2, 0.25) is 0 Å². The lowest BCUT2D eigenvalue weighted by Crippen LogP contribution is -2.54. The predicted molar refractivity (Wildman–Crippen MR) is 161 cm³/mol. The molecule has 1 amide bonds. The van der Waals surface area contributed by atoms with Crippen LogP contribution >= 0.6 is 0 Å². The number of rotatable bonds is 4. The van der Waals surface area contributed by atoms with Crippen molar-refractivity contribution in [2.24, 2.45) is 7.05 Å². The van der Waals surface area contributed by atoms with Gasteiger partial charge in [0.15, 0.2) is 5.82 Å². The van der Waals surface area contributed by atoms with Gasteiger partial charge in [0, 0.05) is 23.6 Å². The first-order chi connectivity index (χ1) is 15.9. The summed E-state index contributed by atoms with van der Waals surface area (Å²) in [7, 11) is 16.9. The molecule has 0 saturated heterocycles. The van der Waals surface area contributed by atoms with Gasteiger partial charge in [0.25, 0.3) is 5.91 Å². The fourth-order valence-electron chi connectivity index (χ4n) is 4.99. The van der Waals surface area contributed by atoms with Gasteiger partial charge < -0.3 is 9.88 Å². The minimum atomic E-state index is -0.159. The van der Waals surface area contributed by atoms with Crippen LogP contribution in [0.15, 0.2) is 30.5 Å². The van der Waals surface area contributed by atoms with Gasteiger partial charge in [0.1, 0.15) is 37.2 Å². The van der Waals surface area contributed by atoms with E-state index in [0.29, 0.717) is 11.4 Å². The lowest BCUT2D eigenvalue weighted by molar-refractivity contribution is 0.102. The van der Waals surface area contributed by atoms with E-state index < -0.39 is 0 Å². The van der Waals surface area contributed by atoms with Gasteiger partial charge in [-0.25, -0.2) is 4.98 Å². The smallest absolute Gasteiger partial charge is 0.255 e. The Bertz CT molecular complexity index is 1430. The summed E-state index contributed by atoms with van der Waals surface area (Å²) in [5.41, 5.74) is 9.21. The molecule has 34 heavy (non-hydrogen) atoms. The lowest BCUT2D eigenvalue weighted by Gasteiger charge is -2.30. The number of imidazole rings is 1. The van der Waals surface area contributed by atoms with Gasteiger partial charge in [0.2, 0.25) is 0 Å². The summed E-state index contributed by atoms with van der Waals surface area (Å²) in [6, 6.07) is 7.89. The maximum absolute atomic E-state index is 13.4. The summed E-state index contributed by atoms with van der Waals surface area (Å²) >= 11 is 0. The van der Waals surface area contributed by atoms with Gasteiger partial charge >= 0.3 is 0 Å². The lowest BCUT2D eigenvalue weighted by atomic mass is 9.37. The van der Waals surface area contributed by atoms with E-state index in [1.165, 1.54) is 16.5 Å². The van der Waals surface area contributed by atoms with Crippen molar-refractivity contribution in [1.29, 1.82) is 0 Å². The van der Waals surface area contributed by atoms with Crippen molar-refractivity contribution in [3.63, 3.8) is 0 Å². The Hall–Kier alpha value is -3.09. The summed E-state index contributed by atoms with van der Waals surface area (Å²) in [5.74, 6) is 1.23. The molecule has 13 heteroatoms. The molecule has 0 saturated carbocycles. The van der Waals surface area contributed by atoms with Gasteiger partial charge in [-0.05, 0) is 25.1 Å². The number of aromatic nitrogens is 4. The van der Waals surface area contributed by atoms with E-state index in [1.54, 1.807) is 0 Å². The summed E-state index contributed by atoms with van der Waals surface area (Å²) in [4.78, 5) is 17.8. The molecule has 0 radical (unpaired) electrons. The zero-order valence-electron chi connectivity index (χ0n) is 21.6. The quantitative estimate of drug-likeness (QED) is 0.321. The highest BCUT2D eigenvalue weighted by molar-refractivity contribution is 6.66. The highest BCUT2D eigenvalue weighted by Gasteiger charge is 2.25. The molecule has 162 valence electrons. The average molecular weight is 440 g/mol. The van der Waals surface area contributed by atoms with E-state index in [4.69, 9.17) is 0 Å². The number of benzene rings is 2. The summed E-state index contributed by atoms with van der Waals surface area (Å²) < 4.78 is 2.05. The van der Waals surface area contributed by atoms with Gasteiger partial charge in [-0.1, -0.05) is 38.6 Å². The van der Waals surface area contributed by atoms with Crippen molar-refractivity contribution in [3.05, 3.63) is 47.4 Å². The number of nitrogens with zero attached hydrogens (tertiary/aromatic N) is 4. The number of anilines is 1. The van der Waals surface area contributed by atoms with E-state index in [0.717, 1.165) is 38.9 Å². The number of nitrogens with one attached hydrogen (secondary N) is 1. The second-order valence-electron chi connectivity index (χ2n) is 10.2. The van der Waals surface area contributed by atoms with Gasteiger partial charge in [-0.15, -0.1) is 10.2 Å². The van der Waals surface area contributed by atoms with Crippen LogP contribution in [-0.4, -0.2) is 80.6 Å². The monoisotopic (exact) mass is 441 g/mol. The highest BCUT2D eigenvalue weighted by Crippen LogP contribution is 2.25. The molecule has 0 unspecified atom stereocenters. The molecule has 1 N–H and O–H groups in total. The van der Waals surface area contributed by atoms with Crippen molar-refractivity contribution in [2.45, 2.75) is 12.0 Å². The predicted octanol–water partition coefficient (Wildman–Crippen LogP) is -6.37. The number of carbonyl (C=O) groups excluding carboxylic acids is 1. The second-order valence-corrected chi connectivity index (χ2v) is 10.2. The molecule has 0 aliphatic heterocycles. The molecule has 0 spiro atoms. The molecule has 6 nitrogen and oxygen atoms in total. The van der Waals surface area contributed by atoms with Gasteiger partial charge in [-0.3, -0.25) is 4.79 Å². The highest BCUT2D eigenvalue weighted by atomic mass is 16.1. The molecule has 0 aliphatic rings. The third-order valence-electron chi connectivity index (χ3n) is 6.95. The minimum absolute atomic E-state index is 0.00658. The van der Waals surface area contributed by atoms with Gasteiger partial charge in [0.05, 0.1) is 40.9 Å². The minimum Gasteiger partial charge on any atom is -0.331 e. The topological polar surface area (TPSA) is 72.7 Å². The van der Waals surface area contributed by atoms with Crippen LogP contribution < -0.4 is 27.2 Å². The van der Waals surface area contributed by atoms with Crippen LogP contribution in [0.4, 0.5) is 5.82 Å². The van der Waals surface area contributed by atoms with Crippen molar-refractivity contribution < 1.29 is 4.79 Å². The molecular weight excluding hydrogens is 414 g/mol. The first kappa shape index (κ1) is 24.1. The van der Waals surface area contributed by atoms with E-state index in [-0.39, 0.29) is 11.0 Å². The number of aryl methyl sites for hydroxylation is 1. The van der Waals surface area contributed by atoms with Crippen molar-refractivity contribution >= 4 is 99.4 Å². The molecular formula is C21H26B7N5O. The number of amides is 1. The third kappa shape index (κ3) is 4.12. The second kappa shape index (κ2) is 8.60. The fourth-order valence-corrected chi connectivity index (χ4v) is 4.99. The van der Waals surface area contributed by atoms with E-state index in [2.05, 4.69) is 70.4 Å². The van der Waals surface area contributed by atoms with Crippen molar-refractivity contribution in [3.8, 4) is 11.3 Å². The van der Waals surface area contributed by atoms with E-state index >= 15 is 0 Å². The maximum atomic E-state index is 13.4. The van der Waals surface area contributed by atoms with Gasteiger partial charge in [-0.2, -0.15) is 0 Å². The molecule has 2 aromatic heterocycles. The summed E-state index contributed by atoms with van der Waals surface area (Å²) in [6.07, 6.45) is 1.87. The SMILES string of the molecule is Bc1c(B)c(C(B)(B)B)c(B)c(B)c1C(=O)Nc1cc2cc(-c3cnc(C)n3C)ccc2nn1. The zero-order valence-corrected chi connectivity index (χ0v) is 21.6. The molecule has 4 aromatic rings. The average Bonchev–Trinajstić information content (AvgIpc) is 3.09. The Morgan fingerprint density at radius 2 is 1.62 bits per heavy atom. The third-order valence-corrected chi connectivity index (χ3v) is 6.95. The number of fused-ring (bicyclic) bond motifs is 1. The molecule has 0 aliphatic carbocycles. The largest absolute Gasteiger partial charge is 0.331 e. The first-order valence-corrected chi connectivity index (χ1v) is 11.6. The van der Waals surface area contributed by atoms with E-state index in [1.807, 2.05) is 54.1 Å². The Morgan fingerprint density at radius 3 is 2.18 bits per heavy atom. The van der Waals surface area contributed by atoms with Crippen LogP contribution in [-0.2, 0) is 12.2 Å². The van der Waals surface area contributed by atoms with Crippen LogP contribution in [0.25, 0.3) is 22.2 Å². The van der Waals surface area contributed by atoms with Crippen LogP contribution in [0.1, 0.15) is 21.7 Å². The summed E-state index contributed by atoms with van der Waals surface area (Å²) in [6.45, 7) is 1.98. The standard InChI is InChI=1S/C21H26B7N5O/c1-8-29-7-12(33(8)2)9-3-4-11-10(5-9)6-13(32-31-11)30-20(34)14-16(22)18(24)15(21(26,27)28)19(25)17(14)23/h3-7H,22-28H2,1-2H3,(H,30,32,34). The Morgan fingerprint density at radius 1 is 0.971 bits per heavy atom. The number of hydrogen-bond acceptors (Lipinski definition) is 4. The fraction of sp³-hybridized carbons (Fsp3) is 0.143. The number of hydrogen-bond donors (Lipinski definition) is 1. The zero-order chi connectivity index (χ0) is 24.9. The van der Waals surface area contributed by atoms with Crippen LogP contribution in [0.5, 0.6) is 0 Å². The molecule has 2 aromatic carbocycles. The normalized spacial score (nSPS) is 11.6. The van der Waals surface area contributed by atoms with E-state index in [9.17, 15) is 4.79 Å². The summed E-state index contributed by atoms with van der Waals surface area (Å²) in [5, 5.41) is 12.5. The van der Waals surface area contributed by atoms with Crippen LogP contribution in [0.3, 0.4) is 0 Å². The maximum Gasteiger partial charge on any atom is 0.255 e. The molecule has 4 rings (SSSR count). The van der Waals surface area contributed by atoms with Crippen molar-refractivity contribution in [2.75, 3.05) is 5.32 Å². The molecule has 0 atom stereocenters. The molecule has 0 bridgehead atoms. The van der Waals surface area contributed by atoms with Crippen molar-refractivity contribution in [1.82, 2.24) is 19.7 Å². The molecule has 0 fully saturated rings. The Kier molecular flexibility index (Phi) is 6.09. The Labute approximate surface area is 207 Å². The molecule has 2 heterocycles. The Balaban J connectivity index is 1.72. The van der Waals surface area contributed by atoms with Crippen LogP contribution in [0, 0.1) is 6.92 Å². The number of carbonyl (C=O) groups is 1. The first-order valence-electron chi connectivity index (χ1n) is 11.6.